The first-order chi connectivity index (χ1) is 9.38. The third kappa shape index (κ3) is 3.47. The Kier molecular flexibility index (Phi) is 4.27. The highest BCUT2D eigenvalue weighted by atomic mass is 19.4. The molecule has 110 valence electrons. The maximum Gasteiger partial charge on any atom is 0.416 e. The number of nitrogens with one attached hydrogen (secondary N) is 2. The van der Waals surface area contributed by atoms with Gasteiger partial charge in [-0.2, -0.15) is 13.2 Å². The van der Waals surface area contributed by atoms with Crippen molar-refractivity contribution in [2.75, 3.05) is 18.4 Å². The monoisotopic (exact) mass is 290 g/mol. The lowest BCUT2D eigenvalue weighted by Crippen LogP contribution is -2.37. The summed E-state index contributed by atoms with van der Waals surface area (Å²) in [5.41, 5.74) is -1.42. The summed E-state index contributed by atoms with van der Waals surface area (Å²) in [6.07, 6.45) is -3.12. The van der Waals surface area contributed by atoms with E-state index >= 15 is 0 Å². The molecule has 1 aliphatic rings. The Hall–Kier alpha value is -1.63. The van der Waals surface area contributed by atoms with Crippen LogP contribution >= 0.6 is 0 Å². The van der Waals surface area contributed by atoms with Gasteiger partial charge in [0.25, 0.3) is 0 Å². The molecule has 0 unspecified atom stereocenters. The second-order valence-electron chi connectivity index (χ2n) is 4.72. The Bertz CT molecular complexity index is 496. The Balaban J connectivity index is 2.13. The second kappa shape index (κ2) is 5.78. The zero-order chi connectivity index (χ0) is 14.8. The molecule has 0 aromatic heterocycles. The van der Waals surface area contributed by atoms with Crippen molar-refractivity contribution in [3.63, 3.8) is 0 Å². The van der Waals surface area contributed by atoms with Crippen molar-refractivity contribution in [3.05, 3.63) is 29.6 Å². The van der Waals surface area contributed by atoms with E-state index in [0.717, 1.165) is 13.0 Å². The fourth-order valence-corrected chi connectivity index (χ4v) is 2.11. The Morgan fingerprint density at radius 2 is 2.10 bits per heavy atom. The standard InChI is InChI=1S/C13H14F4N2O/c14-10-4-3-9(13(15,16)17)6-11(10)19-12(20)8-2-1-5-18-7-8/h3-4,6,8,18H,1-2,5,7H2,(H,19,20)/t8-/m1/s1. The normalized spacial score (nSPS) is 19.7. The highest BCUT2D eigenvalue weighted by Crippen LogP contribution is 2.32. The summed E-state index contributed by atoms with van der Waals surface area (Å²) in [6, 6.07) is 1.97. The van der Waals surface area contributed by atoms with Crippen LogP contribution in [0.2, 0.25) is 0 Å². The van der Waals surface area contributed by atoms with Gasteiger partial charge in [0.15, 0.2) is 0 Å². The number of hydrogen-bond donors (Lipinski definition) is 2. The first-order valence-corrected chi connectivity index (χ1v) is 6.26. The van der Waals surface area contributed by atoms with Gasteiger partial charge in [0, 0.05) is 6.54 Å². The maximum absolute atomic E-state index is 13.5. The van der Waals surface area contributed by atoms with E-state index in [-0.39, 0.29) is 5.92 Å². The van der Waals surface area contributed by atoms with Crippen molar-refractivity contribution in [1.82, 2.24) is 5.32 Å². The van der Waals surface area contributed by atoms with Crippen LogP contribution in [0, 0.1) is 11.7 Å². The first kappa shape index (κ1) is 14.8. The van der Waals surface area contributed by atoms with Crippen molar-refractivity contribution >= 4 is 11.6 Å². The van der Waals surface area contributed by atoms with Gasteiger partial charge in [0.1, 0.15) is 5.82 Å². The van der Waals surface area contributed by atoms with Gasteiger partial charge in [-0.15, -0.1) is 0 Å². The average molecular weight is 290 g/mol. The zero-order valence-corrected chi connectivity index (χ0v) is 10.6. The summed E-state index contributed by atoms with van der Waals surface area (Å²) in [7, 11) is 0. The van der Waals surface area contributed by atoms with Crippen LogP contribution in [0.25, 0.3) is 0 Å². The highest BCUT2D eigenvalue weighted by molar-refractivity contribution is 5.93. The fraction of sp³-hybridized carbons (Fsp3) is 0.462. The van der Waals surface area contributed by atoms with E-state index in [4.69, 9.17) is 0 Å². The largest absolute Gasteiger partial charge is 0.416 e. The molecule has 0 aliphatic carbocycles. The SMILES string of the molecule is O=C(Nc1cc(C(F)(F)F)ccc1F)[C@@H]1CCCNC1. The number of piperidine rings is 1. The van der Waals surface area contributed by atoms with Crippen LogP contribution in [-0.2, 0) is 11.0 Å². The van der Waals surface area contributed by atoms with Gasteiger partial charge in [0.2, 0.25) is 5.91 Å². The minimum atomic E-state index is -4.57. The number of rotatable bonds is 2. The van der Waals surface area contributed by atoms with Gasteiger partial charge in [-0.1, -0.05) is 0 Å². The number of carbonyl (C=O) groups excluding carboxylic acids is 1. The molecule has 2 rings (SSSR count). The Morgan fingerprint density at radius 1 is 1.35 bits per heavy atom. The predicted molar refractivity (Wildman–Crippen MR) is 65.6 cm³/mol. The molecule has 0 spiro atoms. The lowest BCUT2D eigenvalue weighted by molar-refractivity contribution is -0.137. The molecule has 1 heterocycles. The van der Waals surface area contributed by atoms with Gasteiger partial charge < -0.3 is 10.6 Å². The minimum absolute atomic E-state index is 0.349. The van der Waals surface area contributed by atoms with E-state index in [0.29, 0.717) is 31.2 Å². The molecule has 1 aromatic carbocycles. The lowest BCUT2D eigenvalue weighted by Gasteiger charge is -2.22. The fourth-order valence-electron chi connectivity index (χ4n) is 2.11. The van der Waals surface area contributed by atoms with Gasteiger partial charge >= 0.3 is 6.18 Å². The molecule has 1 fully saturated rings. The minimum Gasteiger partial charge on any atom is -0.323 e. The van der Waals surface area contributed by atoms with Gasteiger partial charge in [0.05, 0.1) is 17.2 Å². The van der Waals surface area contributed by atoms with E-state index in [1.807, 2.05) is 0 Å². The summed E-state index contributed by atoms with van der Waals surface area (Å²) in [5.74, 6) is -1.69. The Labute approximate surface area is 113 Å². The molecule has 1 aliphatic heterocycles. The quantitative estimate of drug-likeness (QED) is 0.822. The summed E-state index contributed by atoms with van der Waals surface area (Å²) < 4.78 is 51.1. The topological polar surface area (TPSA) is 41.1 Å². The highest BCUT2D eigenvalue weighted by Gasteiger charge is 2.31. The van der Waals surface area contributed by atoms with Crippen LogP contribution < -0.4 is 10.6 Å². The molecule has 0 saturated carbocycles. The Morgan fingerprint density at radius 3 is 2.70 bits per heavy atom. The molecule has 1 amide bonds. The van der Waals surface area contributed by atoms with E-state index in [1.54, 1.807) is 0 Å². The molecule has 1 atom stereocenters. The number of alkyl halides is 3. The number of amides is 1. The van der Waals surface area contributed by atoms with E-state index < -0.39 is 29.2 Å². The van der Waals surface area contributed by atoms with Gasteiger partial charge in [-0.05, 0) is 37.6 Å². The van der Waals surface area contributed by atoms with E-state index in [9.17, 15) is 22.4 Å². The van der Waals surface area contributed by atoms with Crippen molar-refractivity contribution in [3.8, 4) is 0 Å². The molecule has 0 bridgehead atoms. The van der Waals surface area contributed by atoms with Gasteiger partial charge in [-0.3, -0.25) is 4.79 Å². The molecule has 3 nitrogen and oxygen atoms in total. The van der Waals surface area contributed by atoms with Crippen LogP contribution in [0.1, 0.15) is 18.4 Å². The van der Waals surface area contributed by atoms with Crippen LogP contribution in [0.4, 0.5) is 23.2 Å². The second-order valence-corrected chi connectivity index (χ2v) is 4.72. The molecular formula is C13H14F4N2O. The number of carbonyl (C=O) groups is 1. The van der Waals surface area contributed by atoms with E-state index in [1.165, 1.54) is 0 Å². The van der Waals surface area contributed by atoms with Crippen LogP contribution in [0.3, 0.4) is 0 Å². The lowest BCUT2D eigenvalue weighted by atomic mass is 9.98. The van der Waals surface area contributed by atoms with Gasteiger partial charge in [-0.25, -0.2) is 4.39 Å². The summed E-state index contributed by atoms with van der Waals surface area (Å²) >= 11 is 0. The zero-order valence-electron chi connectivity index (χ0n) is 10.6. The molecule has 7 heteroatoms. The van der Waals surface area contributed by atoms with Crippen LogP contribution in [0.15, 0.2) is 18.2 Å². The molecular weight excluding hydrogens is 276 g/mol. The smallest absolute Gasteiger partial charge is 0.323 e. The number of hydrogen-bond acceptors (Lipinski definition) is 2. The van der Waals surface area contributed by atoms with Crippen molar-refractivity contribution in [1.29, 1.82) is 0 Å². The van der Waals surface area contributed by atoms with E-state index in [2.05, 4.69) is 10.6 Å². The summed E-state index contributed by atoms with van der Waals surface area (Å²) in [4.78, 5) is 11.9. The molecule has 2 N–H and O–H groups in total. The van der Waals surface area contributed by atoms with Crippen molar-refractivity contribution in [2.45, 2.75) is 19.0 Å². The molecule has 0 radical (unpaired) electrons. The van der Waals surface area contributed by atoms with Crippen LogP contribution in [-0.4, -0.2) is 19.0 Å². The molecule has 1 saturated heterocycles. The number of halogens is 4. The summed E-state index contributed by atoms with van der Waals surface area (Å²) in [6.45, 7) is 1.26. The maximum atomic E-state index is 13.5. The predicted octanol–water partition coefficient (Wildman–Crippen LogP) is 2.78. The number of benzene rings is 1. The average Bonchev–Trinajstić information content (AvgIpc) is 2.41. The summed E-state index contributed by atoms with van der Waals surface area (Å²) in [5, 5.41) is 5.26. The number of anilines is 1. The third-order valence-corrected chi connectivity index (χ3v) is 3.22. The van der Waals surface area contributed by atoms with Crippen LogP contribution in [0.5, 0.6) is 0 Å². The van der Waals surface area contributed by atoms with Crippen molar-refractivity contribution in [2.24, 2.45) is 5.92 Å². The molecule has 1 aromatic rings. The first-order valence-electron chi connectivity index (χ1n) is 6.26. The third-order valence-electron chi connectivity index (χ3n) is 3.22. The molecule has 20 heavy (non-hydrogen) atoms. The van der Waals surface area contributed by atoms with Crippen molar-refractivity contribution < 1.29 is 22.4 Å².